The molecule has 1 aromatic carbocycles. The largest absolute Gasteiger partial charge is 0.494 e. The Kier molecular flexibility index (Phi) is 5.29. The molecule has 0 aromatic heterocycles. The number of aryl methyl sites for hydroxylation is 1. The van der Waals surface area contributed by atoms with Crippen molar-refractivity contribution >= 4 is 5.91 Å². The number of carbonyl (C=O) groups excluding carboxylic acids is 1. The highest BCUT2D eigenvalue weighted by Gasteiger charge is 2.17. The van der Waals surface area contributed by atoms with E-state index in [1.807, 2.05) is 32.0 Å². The molecule has 1 unspecified atom stereocenters. The van der Waals surface area contributed by atoms with Gasteiger partial charge in [0.15, 0.2) is 0 Å². The predicted octanol–water partition coefficient (Wildman–Crippen LogP) is 1.85. The maximum Gasteiger partial charge on any atom is 0.292 e. The number of benzene rings is 1. The molecule has 19 heavy (non-hydrogen) atoms. The van der Waals surface area contributed by atoms with Crippen molar-refractivity contribution in [3.63, 3.8) is 0 Å². The number of nitrogens with zero attached hydrogens (tertiary/aromatic N) is 1. The van der Waals surface area contributed by atoms with Crippen molar-refractivity contribution in [2.75, 3.05) is 13.2 Å². The summed E-state index contributed by atoms with van der Waals surface area (Å²) < 4.78 is 5.49. The fourth-order valence-corrected chi connectivity index (χ4v) is 1.78. The highest BCUT2D eigenvalue weighted by Crippen LogP contribution is 2.26. The second-order valence-electron chi connectivity index (χ2n) is 4.25. The Hall–Kier alpha value is -2.11. The van der Waals surface area contributed by atoms with Gasteiger partial charge in [-0.25, -0.2) is 0 Å². The molecule has 0 fully saturated rings. The summed E-state index contributed by atoms with van der Waals surface area (Å²) >= 11 is 0. The van der Waals surface area contributed by atoms with Crippen molar-refractivity contribution in [1.29, 1.82) is 0 Å². The van der Waals surface area contributed by atoms with E-state index in [0.717, 1.165) is 11.1 Å². The van der Waals surface area contributed by atoms with Crippen LogP contribution in [-0.4, -0.2) is 24.0 Å². The van der Waals surface area contributed by atoms with Crippen LogP contribution in [0.15, 0.2) is 18.2 Å². The monoisotopic (exact) mass is 266 g/mol. The van der Waals surface area contributed by atoms with Crippen molar-refractivity contribution in [2.45, 2.75) is 26.8 Å². The summed E-state index contributed by atoms with van der Waals surface area (Å²) in [7, 11) is 0. The summed E-state index contributed by atoms with van der Waals surface area (Å²) in [5.41, 5.74) is 1.85. The zero-order chi connectivity index (χ0) is 14.4. The molecule has 1 rings (SSSR count). The lowest BCUT2D eigenvalue weighted by molar-refractivity contribution is -0.467. The Balaban J connectivity index is 2.85. The van der Waals surface area contributed by atoms with Gasteiger partial charge in [0, 0.05) is 10.5 Å². The van der Waals surface area contributed by atoms with Gasteiger partial charge in [-0.1, -0.05) is 17.7 Å². The number of nitrogens with one attached hydrogen (secondary N) is 1. The summed E-state index contributed by atoms with van der Waals surface area (Å²) in [5.74, 6) is 0.0726. The van der Waals surface area contributed by atoms with Gasteiger partial charge in [-0.2, -0.15) is 0 Å². The van der Waals surface area contributed by atoms with Gasteiger partial charge in [-0.3, -0.25) is 14.9 Å². The number of rotatable bonds is 6. The lowest BCUT2D eigenvalue weighted by Gasteiger charge is -2.17. The third-order valence-corrected chi connectivity index (χ3v) is 2.58. The van der Waals surface area contributed by atoms with Crippen molar-refractivity contribution in [1.82, 2.24) is 5.32 Å². The van der Waals surface area contributed by atoms with Gasteiger partial charge in [0.05, 0.1) is 12.6 Å². The van der Waals surface area contributed by atoms with Crippen LogP contribution in [0.1, 0.15) is 31.0 Å². The molecule has 0 aliphatic carbocycles. The fraction of sp³-hybridized carbons (Fsp3) is 0.462. The first-order chi connectivity index (χ1) is 8.93. The lowest BCUT2D eigenvalue weighted by atomic mass is 10.0. The Labute approximate surface area is 111 Å². The molecule has 6 heteroatoms. The average Bonchev–Trinajstić information content (AvgIpc) is 2.30. The first kappa shape index (κ1) is 14.9. The standard InChI is InChI=1S/C13H18N2O4/c1-4-19-12-6-5-9(2)7-11(12)10(3)14-13(16)8-15(17)18/h5-7,10H,4,8H2,1-3H3,(H,14,16). The van der Waals surface area contributed by atoms with Gasteiger partial charge in [-0.15, -0.1) is 0 Å². The molecule has 0 saturated heterocycles. The summed E-state index contributed by atoms with van der Waals surface area (Å²) in [6.07, 6.45) is 0. The van der Waals surface area contributed by atoms with Crippen LogP contribution in [0, 0.1) is 17.0 Å². The van der Waals surface area contributed by atoms with Crippen molar-refractivity contribution in [3.05, 3.63) is 39.4 Å². The molecule has 0 heterocycles. The molecule has 1 aromatic rings. The van der Waals surface area contributed by atoms with Crippen molar-refractivity contribution < 1.29 is 14.5 Å². The summed E-state index contributed by atoms with van der Waals surface area (Å²) in [6.45, 7) is 5.38. The van der Waals surface area contributed by atoms with Crippen LogP contribution in [0.25, 0.3) is 0 Å². The third-order valence-electron chi connectivity index (χ3n) is 2.58. The van der Waals surface area contributed by atoms with Gasteiger partial charge in [0.2, 0.25) is 0 Å². The van der Waals surface area contributed by atoms with Crippen LogP contribution in [-0.2, 0) is 4.79 Å². The van der Waals surface area contributed by atoms with E-state index in [1.54, 1.807) is 6.92 Å². The molecule has 6 nitrogen and oxygen atoms in total. The second-order valence-corrected chi connectivity index (χ2v) is 4.25. The molecule has 1 atom stereocenters. The first-order valence-electron chi connectivity index (χ1n) is 6.08. The van der Waals surface area contributed by atoms with E-state index >= 15 is 0 Å². The van der Waals surface area contributed by atoms with E-state index in [9.17, 15) is 14.9 Å². The SMILES string of the molecule is CCOc1ccc(C)cc1C(C)NC(=O)C[N+](=O)[O-]. The maximum absolute atomic E-state index is 11.4. The Bertz CT molecular complexity index is 474. The average molecular weight is 266 g/mol. The predicted molar refractivity (Wildman–Crippen MR) is 70.8 cm³/mol. The van der Waals surface area contributed by atoms with Crippen LogP contribution in [0.3, 0.4) is 0 Å². The molecule has 0 aliphatic rings. The summed E-state index contributed by atoms with van der Waals surface area (Å²) in [5, 5.41) is 12.9. The minimum atomic E-state index is -0.722. The summed E-state index contributed by atoms with van der Waals surface area (Å²) in [6, 6.07) is 5.32. The molecule has 1 N–H and O–H groups in total. The fourth-order valence-electron chi connectivity index (χ4n) is 1.78. The molecule has 0 radical (unpaired) electrons. The van der Waals surface area contributed by atoms with Gasteiger partial charge in [-0.05, 0) is 26.8 Å². The molecular formula is C13H18N2O4. The van der Waals surface area contributed by atoms with Crippen LogP contribution in [0.2, 0.25) is 0 Å². The highest BCUT2D eigenvalue weighted by molar-refractivity contribution is 5.77. The molecule has 0 aliphatic heterocycles. The maximum atomic E-state index is 11.4. The quantitative estimate of drug-likeness (QED) is 0.629. The molecule has 1 amide bonds. The van der Waals surface area contributed by atoms with Gasteiger partial charge in [0.1, 0.15) is 5.75 Å². The van der Waals surface area contributed by atoms with E-state index in [4.69, 9.17) is 4.74 Å². The molecule has 0 spiro atoms. The van der Waals surface area contributed by atoms with E-state index in [1.165, 1.54) is 0 Å². The van der Waals surface area contributed by atoms with Crippen LogP contribution in [0.5, 0.6) is 5.75 Å². The van der Waals surface area contributed by atoms with Gasteiger partial charge >= 0.3 is 0 Å². The van der Waals surface area contributed by atoms with E-state index in [0.29, 0.717) is 12.4 Å². The molecule has 0 saturated carbocycles. The number of nitro groups is 1. The molecule has 104 valence electrons. The summed E-state index contributed by atoms with van der Waals surface area (Å²) in [4.78, 5) is 21.0. The number of hydrogen-bond donors (Lipinski definition) is 1. The van der Waals surface area contributed by atoms with Crippen molar-refractivity contribution in [3.8, 4) is 5.75 Å². The minimum absolute atomic E-state index is 0.339. The van der Waals surface area contributed by atoms with Crippen LogP contribution < -0.4 is 10.1 Å². The minimum Gasteiger partial charge on any atom is -0.494 e. The van der Waals surface area contributed by atoms with E-state index in [-0.39, 0.29) is 6.04 Å². The van der Waals surface area contributed by atoms with Crippen LogP contribution in [0.4, 0.5) is 0 Å². The number of amides is 1. The normalized spacial score (nSPS) is 11.7. The van der Waals surface area contributed by atoms with E-state index in [2.05, 4.69) is 5.32 Å². The molecular weight excluding hydrogens is 248 g/mol. The zero-order valence-electron chi connectivity index (χ0n) is 11.3. The van der Waals surface area contributed by atoms with Gasteiger partial charge < -0.3 is 10.1 Å². The van der Waals surface area contributed by atoms with Crippen molar-refractivity contribution in [2.24, 2.45) is 0 Å². The Morgan fingerprint density at radius 1 is 1.53 bits per heavy atom. The Morgan fingerprint density at radius 3 is 2.79 bits per heavy atom. The van der Waals surface area contributed by atoms with Gasteiger partial charge in [0.25, 0.3) is 12.5 Å². The topological polar surface area (TPSA) is 81.5 Å². The highest BCUT2D eigenvalue weighted by atomic mass is 16.6. The smallest absolute Gasteiger partial charge is 0.292 e. The first-order valence-corrected chi connectivity index (χ1v) is 6.08. The molecule has 0 bridgehead atoms. The zero-order valence-corrected chi connectivity index (χ0v) is 11.3. The van der Waals surface area contributed by atoms with Crippen LogP contribution >= 0.6 is 0 Å². The lowest BCUT2D eigenvalue weighted by Crippen LogP contribution is -2.32. The number of carbonyl (C=O) groups is 1. The third kappa shape index (κ3) is 4.57. The Morgan fingerprint density at radius 2 is 2.21 bits per heavy atom. The number of hydrogen-bond acceptors (Lipinski definition) is 4. The number of ether oxygens (including phenoxy) is 1. The second kappa shape index (κ2) is 6.72. The van der Waals surface area contributed by atoms with E-state index < -0.39 is 17.4 Å².